The monoisotopic (exact) mass is 616 g/mol. The Hall–Kier alpha value is -4.93. The van der Waals surface area contributed by atoms with E-state index in [1.807, 2.05) is 67.6 Å². The van der Waals surface area contributed by atoms with Gasteiger partial charge in [0.15, 0.2) is 11.5 Å². The van der Waals surface area contributed by atoms with E-state index in [1.165, 1.54) is 7.11 Å². The van der Waals surface area contributed by atoms with E-state index in [0.717, 1.165) is 26.3 Å². The van der Waals surface area contributed by atoms with E-state index in [2.05, 4.69) is 4.98 Å². The number of nitrogens with zero attached hydrogens (tertiary/aromatic N) is 2. The molecule has 0 unspecified atom stereocenters. The molecule has 4 aromatic rings. The first-order valence-electron chi connectivity index (χ1n) is 11.9. The number of pyridine rings is 2. The van der Waals surface area contributed by atoms with Crippen molar-refractivity contribution in [2.45, 2.75) is 27.7 Å². The minimum absolute atomic E-state index is 0. The first kappa shape index (κ1) is 37.1. The number of methoxy groups -OCH3 is 1. The van der Waals surface area contributed by atoms with E-state index < -0.39 is 17.9 Å². The number of aryl methyl sites for hydroxylation is 1. The van der Waals surface area contributed by atoms with Crippen LogP contribution in [0.25, 0.3) is 33.9 Å². The van der Waals surface area contributed by atoms with E-state index in [-0.39, 0.29) is 28.6 Å². The smallest absolute Gasteiger partial charge is 0.550 e. The van der Waals surface area contributed by atoms with Crippen LogP contribution in [0, 0.1) is 6.92 Å². The molecule has 11 nitrogen and oxygen atoms in total. The van der Waals surface area contributed by atoms with E-state index in [4.69, 9.17) is 39.4 Å². The molecule has 12 heteroatoms. The normalized spacial score (nSPS) is 9.17. The number of para-hydroxylation sites is 2. The number of hydrogen-bond acceptors (Lipinski definition) is 11. The van der Waals surface area contributed by atoms with Crippen molar-refractivity contribution in [3.05, 3.63) is 78.4 Å². The fourth-order valence-electron chi connectivity index (χ4n) is 3.21. The first-order valence-corrected chi connectivity index (χ1v) is 11.9. The standard InChI is InChI=1S/C24H20N2O3.3C2H4O2.Mn/c1-15-7-3-8-16(23(15)27)18-10-5-12-20(25-18)21-13-6-11-19(26-21)17-9-4-14-22(29-2)24(17)28;3*1-2(3)4;/h3-14,27-28H,1-2H3;3*1H3,(H,3,4);/q;;;;+3/p-3. The number of benzene rings is 2. The molecule has 0 atom stereocenters. The maximum Gasteiger partial charge on any atom is 3.00 e. The molecule has 0 saturated carbocycles. The Morgan fingerprint density at radius 3 is 1.36 bits per heavy atom. The van der Waals surface area contributed by atoms with Gasteiger partial charge in [0.05, 0.1) is 29.9 Å². The average Bonchev–Trinajstić information content (AvgIpc) is 2.90. The molecule has 2 aromatic carbocycles. The molecule has 0 aliphatic heterocycles. The third-order valence-electron chi connectivity index (χ3n) is 4.77. The Labute approximate surface area is 253 Å². The number of ether oxygens (including phenoxy) is 1. The summed E-state index contributed by atoms with van der Waals surface area (Å²) in [5, 5.41) is 47.5. The van der Waals surface area contributed by atoms with Crippen LogP contribution in [0.1, 0.15) is 26.3 Å². The van der Waals surface area contributed by atoms with Gasteiger partial charge in [-0.1, -0.05) is 30.3 Å². The number of carbonyl (C=O) groups is 3. The summed E-state index contributed by atoms with van der Waals surface area (Å²) in [5.74, 6) is -2.59. The topological polar surface area (TPSA) is 196 Å². The number of aromatic nitrogens is 2. The predicted molar refractivity (Wildman–Crippen MR) is 145 cm³/mol. The maximum absolute atomic E-state index is 10.4. The number of phenolic OH excluding ortho intramolecular Hbond substituents is 2. The van der Waals surface area contributed by atoms with Crippen LogP contribution in [0.2, 0.25) is 0 Å². The number of carboxylic acid groups (broad SMARTS) is 3. The fourth-order valence-corrected chi connectivity index (χ4v) is 3.21. The van der Waals surface area contributed by atoms with Gasteiger partial charge in [0, 0.05) is 29.0 Å². The summed E-state index contributed by atoms with van der Waals surface area (Å²) in [4.78, 5) is 36.0. The zero-order chi connectivity index (χ0) is 31.1. The van der Waals surface area contributed by atoms with Crippen molar-refractivity contribution in [1.29, 1.82) is 0 Å². The summed E-state index contributed by atoms with van der Waals surface area (Å²) >= 11 is 0. The van der Waals surface area contributed by atoms with Gasteiger partial charge in [-0.15, -0.1) is 0 Å². The molecule has 2 aromatic heterocycles. The molecule has 0 bridgehead atoms. The van der Waals surface area contributed by atoms with Crippen molar-refractivity contribution in [3.63, 3.8) is 0 Å². The first-order chi connectivity index (χ1) is 19.3. The number of rotatable bonds is 4. The molecule has 2 N–H and O–H groups in total. The summed E-state index contributed by atoms with van der Waals surface area (Å²) in [6.45, 7) is 4.77. The van der Waals surface area contributed by atoms with Crippen LogP contribution < -0.4 is 20.1 Å². The van der Waals surface area contributed by atoms with E-state index >= 15 is 0 Å². The minimum Gasteiger partial charge on any atom is -0.550 e. The fraction of sp³-hybridized carbons (Fsp3) is 0.167. The van der Waals surface area contributed by atoms with Crippen LogP contribution in [-0.2, 0) is 31.5 Å². The van der Waals surface area contributed by atoms with Gasteiger partial charge >= 0.3 is 17.1 Å². The van der Waals surface area contributed by atoms with Crippen molar-refractivity contribution in [2.75, 3.05) is 7.11 Å². The van der Waals surface area contributed by atoms with Gasteiger partial charge in [0.1, 0.15) is 5.75 Å². The molecule has 0 amide bonds. The molecule has 0 fully saturated rings. The molecule has 220 valence electrons. The third kappa shape index (κ3) is 12.5. The second kappa shape index (κ2) is 18.4. The molecule has 0 saturated heterocycles. The number of aromatic hydroxyl groups is 2. The van der Waals surface area contributed by atoms with Crippen LogP contribution in [0.4, 0.5) is 0 Å². The molecule has 42 heavy (non-hydrogen) atoms. The van der Waals surface area contributed by atoms with E-state index in [1.54, 1.807) is 12.1 Å². The Morgan fingerprint density at radius 2 is 0.952 bits per heavy atom. The molecule has 0 radical (unpaired) electrons. The molecular formula is C30H29MnN2O9. The van der Waals surface area contributed by atoms with Crippen LogP contribution in [0.3, 0.4) is 0 Å². The zero-order valence-electron chi connectivity index (χ0n) is 23.5. The predicted octanol–water partition coefficient (Wildman–Crippen LogP) is 1.47. The van der Waals surface area contributed by atoms with Crippen molar-refractivity contribution in [1.82, 2.24) is 9.97 Å². The summed E-state index contributed by atoms with van der Waals surface area (Å²) < 4.78 is 5.19. The maximum atomic E-state index is 10.4. The number of carbonyl (C=O) groups excluding carboxylic acids is 3. The van der Waals surface area contributed by atoms with Gasteiger partial charge < -0.3 is 44.7 Å². The summed E-state index contributed by atoms with van der Waals surface area (Å²) in [6, 6.07) is 22.1. The summed E-state index contributed by atoms with van der Waals surface area (Å²) in [5.41, 5.74) is 4.67. The average molecular weight is 617 g/mol. The van der Waals surface area contributed by atoms with E-state index in [0.29, 0.717) is 39.7 Å². The van der Waals surface area contributed by atoms with Gasteiger partial charge in [-0.2, -0.15) is 0 Å². The van der Waals surface area contributed by atoms with Gasteiger partial charge in [-0.25, -0.2) is 9.97 Å². The summed E-state index contributed by atoms with van der Waals surface area (Å²) in [6.07, 6.45) is 0. The molecule has 0 aliphatic rings. The van der Waals surface area contributed by atoms with Gasteiger partial charge in [-0.3, -0.25) is 0 Å². The second-order valence-electron chi connectivity index (χ2n) is 8.12. The Kier molecular flexibility index (Phi) is 16.3. The van der Waals surface area contributed by atoms with Crippen molar-refractivity contribution < 1.29 is 61.7 Å². The minimum atomic E-state index is -1.08. The second-order valence-corrected chi connectivity index (χ2v) is 8.12. The SMILES string of the molecule is CC(=O)[O-].CC(=O)[O-].CC(=O)[O-].COc1cccc(-c2cccc(-c3cccc(-c4cccc(C)c4O)n3)n2)c1O.[Mn+3]. The van der Waals surface area contributed by atoms with Gasteiger partial charge in [0.2, 0.25) is 0 Å². The molecule has 0 spiro atoms. The molecule has 4 rings (SSSR count). The van der Waals surface area contributed by atoms with E-state index in [9.17, 15) is 10.2 Å². The van der Waals surface area contributed by atoms with Crippen LogP contribution in [-0.4, -0.2) is 45.2 Å². The largest absolute Gasteiger partial charge is 3.00 e. The molecule has 0 aliphatic carbocycles. The number of aliphatic carboxylic acids is 3. The summed E-state index contributed by atoms with van der Waals surface area (Å²) in [7, 11) is 1.51. The van der Waals surface area contributed by atoms with Crippen LogP contribution >= 0.6 is 0 Å². The number of hydrogen-bond donors (Lipinski definition) is 2. The molecular weight excluding hydrogens is 587 g/mol. The van der Waals surface area contributed by atoms with Crippen molar-refractivity contribution >= 4 is 17.9 Å². The zero-order valence-corrected chi connectivity index (χ0v) is 24.6. The Morgan fingerprint density at radius 1 is 0.619 bits per heavy atom. The molecule has 2 heterocycles. The third-order valence-corrected chi connectivity index (χ3v) is 4.77. The van der Waals surface area contributed by atoms with Crippen LogP contribution in [0.5, 0.6) is 17.2 Å². The quantitative estimate of drug-likeness (QED) is 0.315. The van der Waals surface area contributed by atoms with Gasteiger partial charge in [0.25, 0.3) is 0 Å². The van der Waals surface area contributed by atoms with Crippen molar-refractivity contribution in [2.24, 2.45) is 0 Å². The Balaban J connectivity index is 0.00000111. The van der Waals surface area contributed by atoms with Crippen LogP contribution in [0.15, 0.2) is 72.8 Å². The number of carboxylic acids is 3. The number of phenols is 2. The van der Waals surface area contributed by atoms with Crippen molar-refractivity contribution in [3.8, 4) is 51.2 Å². The Bertz CT molecular complexity index is 1450. The van der Waals surface area contributed by atoms with Gasteiger partial charge in [-0.05, 0) is 75.7 Å².